The first-order chi connectivity index (χ1) is 12.2. The van der Waals surface area contributed by atoms with Gasteiger partial charge in [-0.05, 0) is 36.6 Å². The fourth-order valence-corrected chi connectivity index (χ4v) is 3.37. The Kier molecular flexibility index (Phi) is 3.01. The predicted molar refractivity (Wildman–Crippen MR) is 95.1 cm³/mol. The zero-order valence-electron chi connectivity index (χ0n) is 13.8. The molecule has 0 saturated heterocycles. The van der Waals surface area contributed by atoms with Crippen molar-refractivity contribution in [3.05, 3.63) is 36.7 Å². The van der Waals surface area contributed by atoms with Crippen LogP contribution in [0, 0.1) is 0 Å². The molecule has 3 N–H and O–H groups in total. The van der Waals surface area contributed by atoms with Gasteiger partial charge < -0.3 is 11.1 Å². The van der Waals surface area contributed by atoms with E-state index in [-0.39, 0.29) is 0 Å². The second-order valence-electron chi connectivity index (χ2n) is 6.63. The lowest BCUT2D eigenvalue weighted by molar-refractivity contribution is 0.371. The molecule has 3 aromatic heterocycles. The van der Waals surface area contributed by atoms with E-state index in [1.807, 2.05) is 36.1 Å². The minimum atomic E-state index is 0.302. The number of nitrogens with two attached hydrogens (primary N) is 1. The second kappa shape index (κ2) is 5.25. The highest BCUT2D eigenvalue weighted by Crippen LogP contribution is 2.28. The maximum atomic E-state index is 5.83. The molecule has 5 rings (SSSR count). The van der Waals surface area contributed by atoms with Crippen molar-refractivity contribution in [1.82, 2.24) is 29.6 Å². The van der Waals surface area contributed by atoms with Crippen LogP contribution < -0.4 is 11.1 Å². The van der Waals surface area contributed by atoms with Gasteiger partial charge in [0.05, 0.1) is 17.2 Å². The molecule has 0 amide bonds. The van der Waals surface area contributed by atoms with Gasteiger partial charge in [-0.3, -0.25) is 0 Å². The van der Waals surface area contributed by atoms with Crippen LogP contribution in [0.5, 0.6) is 0 Å². The van der Waals surface area contributed by atoms with E-state index in [4.69, 9.17) is 5.73 Å². The Bertz CT molecular complexity index is 1070. The third-order valence-corrected chi connectivity index (χ3v) is 4.85. The van der Waals surface area contributed by atoms with Crippen LogP contribution in [0.1, 0.15) is 12.8 Å². The van der Waals surface area contributed by atoms with E-state index in [1.54, 1.807) is 4.68 Å². The van der Waals surface area contributed by atoms with E-state index in [1.165, 1.54) is 0 Å². The van der Waals surface area contributed by atoms with Gasteiger partial charge in [0.15, 0.2) is 0 Å². The molecular formula is C17H18N8. The zero-order valence-corrected chi connectivity index (χ0v) is 13.8. The predicted octanol–water partition coefficient (Wildman–Crippen LogP) is 1.58. The van der Waals surface area contributed by atoms with Gasteiger partial charge in [0.1, 0.15) is 5.52 Å². The Balaban J connectivity index is 1.51. The lowest BCUT2D eigenvalue weighted by atomic mass is 9.88. The Labute approximate surface area is 143 Å². The molecule has 25 heavy (non-hydrogen) atoms. The first kappa shape index (κ1) is 14.4. The van der Waals surface area contributed by atoms with Crippen molar-refractivity contribution >= 4 is 22.5 Å². The fourth-order valence-electron chi connectivity index (χ4n) is 3.37. The Morgan fingerprint density at radius 3 is 2.92 bits per heavy atom. The monoisotopic (exact) mass is 334 g/mol. The van der Waals surface area contributed by atoms with Crippen LogP contribution in [-0.2, 0) is 7.05 Å². The highest BCUT2D eigenvalue weighted by atomic mass is 15.4. The van der Waals surface area contributed by atoms with Gasteiger partial charge in [0.2, 0.25) is 5.95 Å². The number of aryl methyl sites for hydroxylation is 1. The summed E-state index contributed by atoms with van der Waals surface area (Å²) in [4.78, 5) is 4.47. The first-order valence-electron chi connectivity index (χ1n) is 8.34. The molecule has 0 spiro atoms. The van der Waals surface area contributed by atoms with Crippen LogP contribution in [0.15, 0.2) is 36.7 Å². The molecule has 0 unspecified atom stereocenters. The van der Waals surface area contributed by atoms with Gasteiger partial charge in [-0.2, -0.15) is 0 Å². The van der Waals surface area contributed by atoms with Gasteiger partial charge in [-0.15, -0.1) is 10.2 Å². The Morgan fingerprint density at radius 1 is 1.20 bits per heavy atom. The summed E-state index contributed by atoms with van der Waals surface area (Å²) in [6.45, 7) is 0. The van der Waals surface area contributed by atoms with Crippen molar-refractivity contribution in [1.29, 1.82) is 0 Å². The van der Waals surface area contributed by atoms with Crippen LogP contribution in [0.2, 0.25) is 0 Å². The second-order valence-corrected chi connectivity index (χ2v) is 6.63. The number of nitrogens with zero attached hydrogens (tertiary/aromatic N) is 6. The highest BCUT2D eigenvalue weighted by Gasteiger charge is 2.26. The van der Waals surface area contributed by atoms with Gasteiger partial charge in [-0.1, -0.05) is 11.3 Å². The van der Waals surface area contributed by atoms with Crippen molar-refractivity contribution in [2.75, 3.05) is 5.32 Å². The summed E-state index contributed by atoms with van der Waals surface area (Å²) in [5.41, 5.74) is 10.8. The topological polar surface area (TPSA) is 99.0 Å². The number of rotatable bonds is 3. The SMILES string of the molecule is Cn1nnc2ccc(-c3ccn4nc(N[C@H]5C[C@@H](N)C5)ncc34)cc21. The van der Waals surface area contributed by atoms with E-state index in [0.717, 1.165) is 40.5 Å². The minimum absolute atomic E-state index is 0.302. The molecule has 8 nitrogen and oxygen atoms in total. The maximum absolute atomic E-state index is 5.83. The summed E-state index contributed by atoms with van der Waals surface area (Å²) in [6.07, 6.45) is 5.75. The zero-order chi connectivity index (χ0) is 17.0. The molecule has 1 aromatic carbocycles. The van der Waals surface area contributed by atoms with E-state index >= 15 is 0 Å². The van der Waals surface area contributed by atoms with Crippen molar-refractivity contribution in [2.45, 2.75) is 24.9 Å². The lowest BCUT2D eigenvalue weighted by Crippen LogP contribution is -2.44. The molecule has 0 atom stereocenters. The molecule has 1 saturated carbocycles. The average Bonchev–Trinajstić information content (AvgIpc) is 3.17. The lowest BCUT2D eigenvalue weighted by Gasteiger charge is -2.32. The van der Waals surface area contributed by atoms with Crippen LogP contribution in [0.4, 0.5) is 5.95 Å². The molecule has 1 aliphatic rings. The van der Waals surface area contributed by atoms with Crippen molar-refractivity contribution < 1.29 is 0 Å². The third kappa shape index (κ3) is 2.33. The molecule has 1 fully saturated rings. The number of anilines is 1. The minimum Gasteiger partial charge on any atom is -0.350 e. The van der Waals surface area contributed by atoms with Crippen molar-refractivity contribution in [3.8, 4) is 11.1 Å². The molecule has 4 aromatic rings. The maximum Gasteiger partial charge on any atom is 0.241 e. The largest absolute Gasteiger partial charge is 0.350 e. The molecule has 0 aliphatic heterocycles. The third-order valence-electron chi connectivity index (χ3n) is 4.85. The van der Waals surface area contributed by atoms with Gasteiger partial charge in [0.25, 0.3) is 0 Å². The molecule has 0 radical (unpaired) electrons. The van der Waals surface area contributed by atoms with Crippen molar-refractivity contribution in [2.24, 2.45) is 12.8 Å². The fraction of sp³-hybridized carbons (Fsp3) is 0.294. The molecule has 0 bridgehead atoms. The summed E-state index contributed by atoms with van der Waals surface area (Å²) in [5.74, 6) is 0.637. The van der Waals surface area contributed by atoms with Gasteiger partial charge >= 0.3 is 0 Å². The number of benzene rings is 1. The Hall–Kier alpha value is -3.00. The number of aromatic nitrogens is 6. The molecule has 3 heterocycles. The molecule has 1 aliphatic carbocycles. The van der Waals surface area contributed by atoms with Crippen LogP contribution in [-0.4, -0.2) is 41.7 Å². The smallest absolute Gasteiger partial charge is 0.241 e. The first-order valence-corrected chi connectivity index (χ1v) is 8.34. The van der Waals surface area contributed by atoms with E-state index in [9.17, 15) is 0 Å². The highest BCUT2D eigenvalue weighted by molar-refractivity contribution is 5.87. The Morgan fingerprint density at radius 2 is 2.08 bits per heavy atom. The average molecular weight is 334 g/mol. The van der Waals surface area contributed by atoms with Crippen molar-refractivity contribution in [3.63, 3.8) is 0 Å². The number of hydrogen-bond acceptors (Lipinski definition) is 6. The van der Waals surface area contributed by atoms with Gasteiger partial charge in [0, 0.05) is 30.9 Å². The van der Waals surface area contributed by atoms with Gasteiger partial charge in [-0.25, -0.2) is 14.2 Å². The molecule has 126 valence electrons. The van der Waals surface area contributed by atoms with E-state index < -0.39 is 0 Å². The summed E-state index contributed by atoms with van der Waals surface area (Å²) in [7, 11) is 1.89. The normalized spacial score (nSPS) is 20.1. The number of nitrogens with one attached hydrogen (secondary N) is 1. The standard InChI is InChI=1S/C17H18N8/c1-24-15-6-10(2-3-14(15)21-23-24)13-4-5-25-16(13)9-19-17(22-25)20-12-7-11(18)8-12/h2-6,9,11-12H,7-8,18H2,1H3,(H,20,22)/t11-,12+. The van der Waals surface area contributed by atoms with E-state index in [0.29, 0.717) is 18.0 Å². The summed E-state index contributed by atoms with van der Waals surface area (Å²) >= 11 is 0. The van der Waals surface area contributed by atoms with Crippen LogP contribution in [0.3, 0.4) is 0 Å². The molecule has 8 heteroatoms. The summed E-state index contributed by atoms with van der Waals surface area (Å²) in [6, 6.07) is 8.86. The van der Waals surface area contributed by atoms with Crippen LogP contribution in [0.25, 0.3) is 27.7 Å². The number of fused-ring (bicyclic) bond motifs is 2. The quantitative estimate of drug-likeness (QED) is 0.590. The summed E-state index contributed by atoms with van der Waals surface area (Å²) < 4.78 is 3.63. The number of hydrogen-bond donors (Lipinski definition) is 2. The van der Waals surface area contributed by atoms with Crippen LogP contribution >= 0.6 is 0 Å². The summed E-state index contributed by atoms with van der Waals surface area (Å²) in [5, 5.41) is 16.1. The molecular weight excluding hydrogens is 316 g/mol. The van der Waals surface area contributed by atoms with E-state index in [2.05, 4.69) is 37.8 Å².